The number of aromatic nitrogens is 2. The molecular formula is C20H25N5O3S. The number of primary amides is 1. The van der Waals surface area contributed by atoms with E-state index < -0.39 is 5.91 Å². The number of amides is 3. The zero-order chi connectivity index (χ0) is 21.4. The smallest absolute Gasteiger partial charge is 0.253 e. The maximum absolute atomic E-state index is 12.5. The van der Waals surface area contributed by atoms with Crippen molar-refractivity contribution in [3.63, 3.8) is 0 Å². The molecule has 2 rings (SSSR count). The number of para-hydroxylation sites is 1. The molecule has 29 heavy (non-hydrogen) atoms. The molecule has 0 unspecified atom stereocenters. The number of nitrogens with two attached hydrogens (primary N) is 1. The predicted octanol–water partition coefficient (Wildman–Crippen LogP) is 1.99. The molecule has 0 spiro atoms. The Kier molecular flexibility index (Phi) is 8.14. The summed E-state index contributed by atoms with van der Waals surface area (Å²) >= 11 is 1.48. The molecule has 1 heterocycles. The van der Waals surface area contributed by atoms with E-state index in [1.54, 1.807) is 24.3 Å². The van der Waals surface area contributed by atoms with Gasteiger partial charge in [-0.2, -0.15) is 0 Å². The van der Waals surface area contributed by atoms with E-state index >= 15 is 0 Å². The second-order valence-electron chi connectivity index (χ2n) is 6.43. The summed E-state index contributed by atoms with van der Waals surface area (Å²) in [6.45, 7) is 3.96. The number of hydrogen-bond acceptors (Lipinski definition) is 6. The lowest BCUT2D eigenvalue weighted by Gasteiger charge is -2.12. The maximum Gasteiger partial charge on any atom is 0.253 e. The van der Waals surface area contributed by atoms with Gasteiger partial charge in [0.1, 0.15) is 0 Å². The Balaban J connectivity index is 2.01. The van der Waals surface area contributed by atoms with Gasteiger partial charge in [0, 0.05) is 30.8 Å². The first-order chi connectivity index (χ1) is 13.8. The Bertz CT molecular complexity index is 894. The fraction of sp³-hybridized carbons (Fsp3) is 0.350. The third-order valence-electron chi connectivity index (χ3n) is 4.29. The number of carbonyl (C=O) groups excluding carboxylic acids is 3. The van der Waals surface area contributed by atoms with Gasteiger partial charge in [0.2, 0.25) is 11.8 Å². The molecule has 4 N–H and O–H groups in total. The molecule has 9 heteroatoms. The highest BCUT2D eigenvalue weighted by molar-refractivity contribution is 7.98. The molecule has 0 fully saturated rings. The first-order valence-electron chi connectivity index (χ1n) is 9.15. The van der Waals surface area contributed by atoms with E-state index in [0.717, 1.165) is 17.0 Å². The monoisotopic (exact) mass is 415 g/mol. The molecule has 0 bridgehead atoms. The minimum absolute atomic E-state index is 0.0520. The van der Waals surface area contributed by atoms with Gasteiger partial charge in [0.15, 0.2) is 5.16 Å². The Morgan fingerprint density at radius 2 is 1.72 bits per heavy atom. The van der Waals surface area contributed by atoms with Crippen molar-refractivity contribution in [1.29, 1.82) is 0 Å². The van der Waals surface area contributed by atoms with E-state index in [0.29, 0.717) is 22.8 Å². The summed E-state index contributed by atoms with van der Waals surface area (Å²) < 4.78 is 0. The number of thioether (sulfide) groups is 1. The molecule has 0 aliphatic heterocycles. The largest absolute Gasteiger partial charge is 0.370 e. The molecule has 1 aromatic carbocycles. The average Bonchev–Trinajstić information content (AvgIpc) is 2.67. The second-order valence-corrected chi connectivity index (χ2v) is 7.20. The highest BCUT2D eigenvalue weighted by Crippen LogP contribution is 2.19. The topological polar surface area (TPSA) is 127 Å². The summed E-state index contributed by atoms with van der Waals surface area (Å²) in [7, 11) is 0. The zero-order valence-corrected chi connectivity index (χ0v) is 17.6. The van der Waals surface area contributed by atoms with Crippen LogP contribution in [-0.4, -0.2) is 40.5 Å². The summed E-state index contributed by atoms with van der Waals surface area (Å²) in [5.41, 5.74) is 8.50. The van der Waals surface area contributed by atoms with Crippen LogP contribution in [0.15, 0.2) is 29.4 Å². The van der Waals surface area contributed by atoms with Crippen LogP contribution in [0.25, 0.3) is 0 Å². The van der Waals surface area contributed by atoms with Gasteiger partial charge >= 0.3 is 0 Å². The van der Waals surface area contributed by atoms with Crippen LogP contribution >= 0.6 is 11.8 Å². The standard InChI is InChI=1S/C20H25N5O3S/c1-12-14(13(2)24-20(23-12)29-3)8-9-18(27)25-16-7-5-4-6-15(16)19(28)22-11-10-17(21)26/h4-7H,8-11H2,1-3H3,(H2,21,26)(H,22,28)(H,25,27). The number of rotatable bonds is 9. The van der Waals surface area contributed by atoms with Crippen molar-refractivity contribution in [3.8, 4) is 0 Å². The van der Waals surface area contributed by atoms with Crippen LogP contribution in [-0.2, 0) is 16.0 Å². The quantitative estimate of drug-likeness (QED) is 0.425. The predicted molar refractivity (Wildman–Crippen MR) is 113 cm³/mol. The fourth-order valence-corrected chi connectivity index (χ4v) is 3.25. The van der Waals surface area contributed by atoms with Gasteiger partial charge < -0.3 is 16.4 Å². The van der Waals surface area contributed by atoms with Crippen molar-refractivity contribution in [2.24, 2.45) is 5.73 Å². The molecule has 154 valence electrons. The first kappa shape index (κ1) is 22.4. The molecule has 8 nitrogen and oxygen atoms in total. The van der Waals surface area contributed by atoms with Gasteiger partial charge in [-0.25, -0.2) is 9.97 Å². The van der Waals surface area contributed by atoms with Crippen molar-refractivity contribution in [2.45, 2.75) is 38.3 Å². The highest BCUT2D eigenvalue weighted by Gasteiger charge is 2.15. The van der Waals surface area contributed by atoms with Gasteiger partial charge in [-0.05, 0) is 44.2 Å². The summed E-state index contributed by atoms with van der Waals surface area (Å²) in [5, 5.41) is 6.12. The van der Waals surface area contributed by atoms with Gasteiger partial charge in [0.25, 0.3) is 5.91 Å². The number of nitrogens with zero attached hydrogens (tertiary/aromatic N) is 2. The molecule has 0 saturated carbocycles. The SMILES string of the molecule is CSc1nc(C)c(CCC(=O)Nc2ccccc2C(=O)NCCC(N)=O)c(C)n1. The number of benzene rings is 1. The molecule has 2 aromatic rings. The van der Waals surface area contributed by atoms with E-state index in [-0.39, 0.29) is 31.2 Å². The van der Waals surface area contributed by atoms with Gasteiger partial charge in [0.05, 0.1) is 11.3 Å². The van der Waals surface area contributed by atoms with Crippen LogP contribution < -0.4 is 16.4 Å². The number of hydrogen-bond donors (Lipinski definition) is 3. The Morgan fingerprint density at radius 1 is 1.07 bits per heavy atom. The minimum atomic E-state index is -0.494. The molecule has 0 atom stereocenters. The Morgan fingerprint density at radius 3 is 2.34 bits per heavy atom. The van der Waals surface area contributed by atoms with Gasteiger partial charge in [-0.1, -0.05) is 23.9 Å². The lowest BCUT2D eigenvalue weighted by Crippen LogP contribution is -2.28. The molecule has 0 saturated heterocycles. The van der Waals surface area contributed by atoms with Crippen LogP contribution in [0.1, 0.15) is 40.2 Å². The van der Waals surface area contributed by atoms with Gasteiger partial charge in [-0.15, -0.1) is 0 Å². The summed E-state index contributed by atoms with van der Waals surface area (Å²) in [6, 6.07) is 6.71. The molecule has 1 aromatic heterocycles. The highest BCUT2D eigenvalue weighted by atomic mass is 32.2. The van der Waals surface area contributed by atoms with Crippen molar-refractivity contribution in [3.05, 3.63) is 46.8 Å². The van der Waals surface area contributed by atoms with Crippen LogP contribution in [0.4, 0.5) is 5.69 Å². The molecule has 3 amide bonds. The van der Waals surface area contributed by atoms with E-state index in [1.807, 2.05) is 20.1 Å². The number of nitrogens with one attached hydrogen (secondary N) is 2. The molecule has 0 radical (unpaired) electrons. The summed E-state index contributed by atoms with van der Waals surface area (Å²) in [6.07, 6.45) is 2.71. The zero-order valence-electron chi connectivity index (χ0n) is 16.7. The van der Waals surface area contributed by atoms with Crippen LogP contribution in [0.5, 0.6) is 0 Å². The van der Waals surface area contributed by atoms with Crippen LogP contribution in [0, 0.1) is 13.8 Å². The molecule has 0 aliphatic carbocycles. The van der Waals surface area contributed by atoms with Crippen molar-refractivity contribution >= 4 is 35.2 Å². The average molecular weight is 416 g/mol. The normalized spacial score (nSPS) is 10.4. The van der Waals surface area contributed by atoms with E-state index in [4.69, 9.17) is 5.73 Å². The van der Waals surface area contributed by atoms with Crippen LogP contribution in [0.2, 0.25) is 0 Å². The van der Waals surface area contributed by atoms with Crippen molar-refractivity contribution < 1.29 is 14.4 Å². The third kappa shape index (κ3) is 6.56. The summed E-state index contributed by atoms with van der Waals surface area (Å²) in [5.74, 6) is -1.09. The minimum Gasteiger partial charge on any atom is -0.370 e. The maximum atomic E-state index is 12.5. The van der Waals surface area contributed by atoms with E-state index in [2.05, 4.69) is 20.6 Å². The van der Waals surface area contributed by atoms with Crippen molar-refractivity contribution in [2.75, 3.05) is 18.1 Å². The lowest BCUT2D eigenvalue weighted by molar-refractivity contribution is -0.118. The third-order valence-corrected chi connectivity index (χ3v) is 4.84. The Labute approximate surface area is 174 Å². The summed E-state index contributed by atoms with van der Waals surface area (Å²) in [4.78, 5) is 44.4. The van der Waals surface area contributed by atoms with E-state index in [9.17, 15) is 14.4 Å². The fourth-order valence-electron chi connectivity index (χ4n) is 2.80. The number of anilines is 1. The molecular weight excluding hydrogens is 390 g/mol. The van der Waals surface area contributed by atoms with Crippen molar-refractivity contribution in [1.82, 2.24) is 15.3 Å². The lowest BCUT2D eigenvalue weighted by atomic mass is 10.1. The van der Waals surface area contributed by atoms with Gasteiger partial charge in [-0.3, -0.25) is 14.4 Å². The van der Waals surface area contributed by atoms with Crippen LogP contribution in [0.3, 0.4) is 0 Å². The number of aryl methyl sites for hydroxylation is 2. The molecule has 0 aliphatic rings. The van der Waals surface area contributed by atoms with E-state index in [1.165, 1.54) is 11.8 Å². The number of carbonyl (C=O) groups is 3. The Hall–Kier alpha value is -2.94. The first-order valence-corrected chi connectivity index (χ1v) is 10.4. The second kappa shape index (κ2) is 10.6.